The molecule has 0 aliphatic carbocycles. The Bertz CT molecular complexity index is 600. The molecule has 92 valence electrons. The number of hydrogen-bond acceptors (Lipinski definition) is 8. The van der Waals surface area contributed by atoms with Crippen LogP contribution in [0.15, 0.2) is 18.2 Å². The largest absolute Gasteiger partial charge is 0.502 e. The molecule has 1 aromatic heterocycles. The van der Waals surface area contributed by atoms with Crippen LogP contribution in [-0.2, 0) is 0 Å². The lowest BCUT2D eigenvalue weighted by Crippen LogP contribution is -2.12. The first-order valence-corrected chi connectivity index (χ1v) is 5.29. The molecule has 18 heavy (non-hydrogen) atoms. The van der Waals surface area contributed by atoms with E-state index in [1.165, 1.54) is 12.1 Å². The number of nitro benzene ring substituents is 1. The van der Waals surface area contributed by atoms with Crippen LogP contribution in [0.5, 0.6) is 5.75 Å². The van der Waals surface area contributed by atoms with Crippen LogP contribution in [0.2, 0.25) is 0 Å². The maximum Gasteiger partial charge on any atom is 0.311 e. The van der Waals surface area contributed by atoms with Gasteiger partial charge < -0.3 is 5.11 Å². The average molecular weight is 267 g/mol. The van der Waals surface area contributed by atoms with E-state index in [2.05, 4.69) is 20.1 Å². The molecule has 1 aromatic carbocycles. The molecule has 1 heterocycles. The highest BCUT2D eigenvalue weighted by molar-refractivity contribution is 7.09. The molecule has 0 spiro atoms. The van der Waals surface area contributed by atoms with E-state index in [-0.39, 0.29) is 10.7 Å². The Morgan fingerprint density at radius 3 is 2.89 bits per heavy atom. The van der Waals surface area contributed by atoms with Gasteiger partial charge in [0.2, 0.25) is 10.9 Å². The van der Waals surface area contributed by atoms with Crippen molar-refractivity contribution < 1.29 is 14.8 Å². The summed E-state index contributed by atoms with van der Waals surface area (Å²) in [5.41, 5.74) is -0.766. The highest BCUT2D eigenvalue weighted by atomic mass is 32.1. The lowest BCUT2D eigenvalue weighted by molar-refractivity contribution is -0.385. The number of nitrogens with one attached hydrogen (secondary N) is 1. The Hall–Kier alpha value is -2.62. The number of aromatic nitrogens is 3. The van der Waals surface area contributed by atoms with Crippen molar-refractivity contribution in [3.8, 4) is 5.75 Å². The summed E-state index contributed by atoms with van der Waals surface area (Å²) in [4.78, 5) is 21.5. The predicted molar refractivity (Wildman–Crippen MR) is 60.4 cm³/mol. The minimum absolute atomic E-state index is 0.130. The SMILES string of the molecule is O=C(Nc1nnns1)c1cccc([N+](=O)[O-])c1O. The molecule has 0 bridgehead atoms. The zero-order valence-electron chi connectivity index (χ0n) is 8.60. The summed E-state index contributed by atoms with van der Waals surface area (Å²) in [6.45, 7) is 0. The van der Waals surface area contributed by atoms with Crippen LogP contribution in [0.3, 0.4) is 0 Å². The molecule has 2 N–H and O–H groups in total. The van der Waals surface area contributed by atoms with Gasteiger partial charge in [0.15, 0.2) is 0 Å². The molecule has 0 unspecified atom stereocenters. The number of benzene rings is 1. The van der Waals surface area contributed by atoms with Crippen molar-refractivity contribution in [3.05, 3.63) is 33.9 Å². The smallest absolute Gasteiger partial charge is 0.311 e. The number of carbonyl (C=O) groups is 1. The zero-order valence-corrected chi connectivity index (χ0v) is 9.42. The first-order chi connectivity index (χ1) is 8.59. The van der Waals surface area contributed by atoms with Gasteiger partial charge >= 0.3 is 5.69 Å². The molecule has 2 rings (SSSR count). The van der Waals surface area contributed by atoms with Crippen LogP contribution in [0.4, 0.5) is 10.8 Å². The summed E-state index contributed by atoms with van der Waals surface area (Å²) in [7, 11) is 0. The van der Waals surface area contributed by atoms with Crippen LogP contribution in [0.1, 0.15) is 10.4 Å². The molecule has 0 atom stereocenters. The lowest BCUT2D eigenvalue weighted by Gasteiger charge is -2.03. The summed E-state index contributed by atoms with van der Waals surface area (Å²) >= 11 is 0.843. The van der Waals surface area contributed by atoms with Crippen LogP contribution in [0, 0.1) is 10.1 Å². The number of hydrogen-bond donors (Lipinski definition) is 2. The van der Waals surface area contributed by atoms with E-state index in [4.69, 9.17) is 0 Å². The van der Waals surface area contributed by atoms with E-state index in [9.17, 15) is 20.0 Å². The van der Waals surface area contributed by atoms with E-state index in [0.29, 0.717) is 0 Å². The van der Waals surface area contributed by atoms with Crippen molar-refractivity contribution in [2.24, 2.45) is 0 Å². The number of anilines is 1. The fourth-order valence-electron chi connectivity index (χ4n) is 1.21. The zero-order chi connectivity index (χ0) is 13.1. The van der Waals surface area contributed by atoms with E-state index < -0.39 is 22.3 Å². The van der Waals surface area contributed by atoms with Gasteiger partial charge in [-0.3, -0.25) is 20.2 Å². The van der Waals surface area contributed by atoms with Crippen molar-refractivity contribution in [3.63, 3.8) is 0 Å². The second kappa shape index (κ2) is 4.71. The van der Waals surface area contributed by atoms with Gasteiger partial charge in [0.1, 0.15) is 0 Å². The fourth-order valence-corrected chi connectivity index (χ4v) is 1.57. The number of phenolic OH excluding ortho intramolecular Hbond substituents is 1. The van der Waals surface area contributed by atoms with E-state index in [0.717, 1.165) is 17.6 Å². The molecule has 0 saturated carbocycles. The summed E-state index contributed by atoms with van der Waals surface area (Å²) in [5.74, 6) is -1.42. The third-order valence-electron chi connectivity index (χ3n) is 1.98. The lowest BCUT2D eigenvalue weighted by atomic mass is 10.1. The van der Waals surface area contributed by atoms with Gasteiger partial charge in [-0.1, -0.05) is 15.7 Å². The average Bonchev–Trinajstić information content (AvgIpc) is 2.81. The molecule has 2 aromatic rings. The Balaban J connectivity index is 2.31. The van der Waals surface area contributed by atoms with Crippen molar-refractivity contribution >= 4 is 28.3 Å². The quantitative estimate of drug-likeness (QED) is 0.620. The second-order valence-electron chi connectivity index (χ2n) is 3.05. The van der Waals surface area contributed by atoms with E-state index in [1.54, 1.807) is 0 Å². The molecule has 1 amide bonds. The highest BCUT2D eigenvalue weighted by Crippen LogP contribution is 2.29. The maximum absolute atomic E-state index is 11.7. The van der Waals surface area contributed by atoms with Crippen molar-refractivity contribution in [1.29, 1.82) is 0 Å². The van der Waals surface area contributed by atoms with Gasteiger partial charge in [-0.2, -0.15) is 0 Å². The van der Waals surface area contributed by atoms with Crippen LogP contribution < -0.4 is 5.32 Å². The predicted octanol–water partition coefficient (Wildman–Crippen LogP) is 0.799. The molecule has 0 saturated heterocycles. The normalized spacial score (nSPS) is 10.0. The highest BCUT2D eigenvalue weighted by Gasteiger charge is 2.21. The number of para-hydroxylation sites is 1. The van der Waals surface area contributed by atoms with Gasteiger partial charge in [0.05, 0.1) is 10.5 Å². The number of carbonyl (C=O) groups excluding carboxylic acids is 1. The summed E-state index contributed by atoms with van der Waals surface area (Å²) < 4.78 is 3.43. The molecule has 0 fully saturated rings. The number of nitrogens with zero attached hydrogens (tertiary/aromatic N) is 4. The van der Waals surface area contributed by atoms with Crippen molar-refractivity contribution in [2.45, 2.75) is 0 Å². The van der Waals surface area contributed by atoms with Gasteiger partial charge in [-0.05, 0) is 11.3 Å². The Morgan fingerprint density at radius 1 is 1.50 bits per heavy atom. The Morgan fingerprint density at radius 2 is 2.28 bits per heavy atom. The Labute approximate surface area is 103 Å². The third-order valence-corrected chi connectivity index (χ3v) is 2.49. The van der Waals surface area contributed by atoms with E-state index >= 15 is 0 Å². The summed E-state index contributed by atoms with van der Waals surface area (Å²) in [5, 5.41) is 29.4. The standard InChI is InChI=1S/C8H5N5O4S/c14-6-4(2-1-3-5(6)13(16)17)7(15)9-8-10-11-12-18-8/h1-3,14H,(H,9,10,12,15). The first kappa shape index (κ1) is 11.9. The topological polar surface area (TPSA) is 131 Å². The van der Waals surface area contributed by atoms with Gasteiger partial charge in [-0.15, -0.1) is 0 Å². The molecular formula is C8H5N5O4S. The third kappa shape index (κ3) is 2.22. The van der Waals surface area contributed by atoms with Crippen LogP contribution in [-0.4, -0.2) is 30.7 Å². The van der Waals surface area contributed by atoms with Gasteiger partial charge in [0, 0.05) is 17.6 Å². The first-order valence-electron chi connectivity index (χ1n) is 4.52. The second-order valence-corrected chi connectivity index (χ2v) is 3.78. The Kier molecular flexibility index (Phi) is 3.10. The van der Waals surface area contributed by atoms with Crippen LogP contribution in [0.25, 0.3) is 0 Å². The number of aromatic hydroxyl groups is 1. The maximum atomic E-state index is 11.7. The van der Waals surface area contributed by atoms with Crippen LogP contribution >= 0.6 is 11.5 Å². The number of phenols is 1. The van der Waals surface area contributed by atoms with Gasteiger partial charge in [-0.25, -0.2) is 0 Å². The number of amides is 1. The molecule has 9 nitrogen and oxygen atoms in total. The number of nitro groups is 1. The summed E-state index contributed by atoms with van der Waals surface area (Å²) in [6, 6.07) is 3.65. The van der Waals surface area contributed by atoms with Crippen molar-refractivity contribution in [2.75, 3.05) is 5.32 Å². The summed E-state index contributed by atoms with van der Waals surface area (Å²) in [6.07, 6.45) is 0. The molecular weight excluding hydrogens is 262 g/mol. The number of rotatable bonds is 3. The molecule has 0 aliphatic heterocycles. The van der Waals surface area contributed by atoms with E-state index in [1.807, 2.05) is 0 Å². The molecule has 0 aliphatic rings. The molecule has 0 radical (unpaired) electrons. The van der Waals surface area contributed by atoms with Gasteiger partial charge in [0.25, 0.3) is 5.91 Å². The monoisotopic (exact) mass is 267 g/mol. The minimum Gasteiger partial charge on any atom is -0.502 e. The van der Waals surface area contributed by atoms with Crippen molar-refractivity contribution in [1.82, 2.24) is 14.8 Å². The molecule has 10 heteroatoms. The fraction of sp³-hybridized carbons (Fsp3) is 0. The minimum atomic E-state index is -0.779.